The van der Waals surface area contributed by atoms with Crippen LogP contribution in [0.4, 0.5) is 0 Å². The highest BCUT2D eigenvalue weighted by Crippen LogP contribution is 2.22. The van der Waals surface area contributed by atoms with Crippen molar-refractivity contribution in [2.75, 3.05) is 0 Å². The first-order chi connectivity index (χ1) is 10.0. The Hall–Kier alpha value is -1.84. The molecule has 1 aromatic heterocycles. The number of para-hydroxylation sites is 1. The van der Waals surface area contributed by atoms with E-state index >= 15 is 0 Å². The van der Waals surface area contributed by atoms with Crippen LogP contribution < -0.4 is 0 Å². The van der Waals surface area contributed by atoms with Gasteiger partial charge in [0.15, 0.2) is 0 Å². The van der Waals surface area contributed by atoms with Gasteiger partial charge in [-0.15, -0.1) is 0 Å². The summed E-state index contributed by atoms with van der Waals surface area (Å²) < 4.78 is 2.10. The number of aromatic nitrogens is 2. The Balaban J connectivity index is 2.33. The van der Waals surface area contributed by atoms with Gasteiger partial charge in [0.2, 0.25) is 0 Å². The van der Waals surface area contributed by atoms with Gasteiger partial charge in [-0.1, -0.05) is 39.7 Å². The number of nitrogens with zero attached hydrogens (tertiary/aromatic N) is 2. The lowest BCUT2D eigenvalue weighted by Gasteiger charge is -2.10. The number of hydrogen-bond donors (Lipinski definition) is 1. The minimum Gasteiger partial charge on any atom is -0.478 e. The van der Waals surface area contributed by atoms with Crippen LogP contribution in [0.5, 0.6) is 0 Å². The first-order valence-electron chi connectivity index (χ1n) is 7.76. The number of rotatable bonds is 7. The zero-order chi connectivity index (χ0) is 15.4. The minimum atomic E-state index is -0.883. The van der Waals surface area contributed by atoms with E-state index in [9.17, 15) is 9.90 Å². The molecule has 1 N–H and O–H groups in total. The lowest BCUT2D eigenvalue weighted by Crippen LogP contribution is -2.07. The Morgan fingerprint density at radius 2 is 2.10 bits per heavy atom. The van der Waals surface area contributed by atoms with Gasteiger partial charge in [-0.2, -0.15) is 0 Å². The number of unbranched alkanes of at least 4 members (excludes halogenated alkanes) is 1. The summed E-state index contributed by atoms with van der Waals surface area (Å²) in [5, 5.41) is 9.39. The van der Waals surface area contributed by atoms with E-state index < -0.39 is 5.97 Å². The van der Waals surface area contributed by atoms with Crippen LogP contribution in [-0.4, -0.2) is 20.6 Å². The van der Waals surface area contributed by atoms with Crippen molar-refractivity contribution in [3.05, 3.63) is 29.6 Å². The smallest absolute Gasteiger partial charge is 0.337 e. The lowest BCUT2D eigenvalue weighted by atomic mass is 10.1. The van der Waals surface area contributed by atoms with Crippen LogP contribution >= 0.6 is 0 Å². The fourth-order valence-electron chi connectivity index (χ4n) is 2.74. The molecule has 4 nitrogen and oxygen atoms in total. The van der Waals surface area contributed by atoms with Crippen molar-refractivity contribution >= 4 is 17.0 Å². The van der Waals surface area contributed by atoms with Crippen molar-refractivity contribution in [2.24, 2.45) is 5.92 Å². The maximum Gasteiger partial charge on any atom is 0.337 e. The van der Waals surface area contributed by atoms with Gasteiger partial charge in [0.05, 0.1) is 16.6 Å². The van der Waals surface area contributed by atoms with Crippen LogP contribution in [0, 0.1) is 5.92 Å². The topological polar surface area (TPSA) is 55.1 Å². The van der Waals surface area contributed by atoms with Crippen molar-refractivity contribution in [1.29, 1.82) is 0 Å². The summed E-state index contributed by atoms with van der Waals surface area (Å²) in [5.41, 5.74) is 1.91. The fourth-order valence-corrected chi connectivity index (χ4v) is 2.74. The van der Waals surface area contributed by atoms with E-state index in [0.29, 0.717) is 11.5 Å². The van der Waals surface area contributed by atoms with Gasteiger partial charge in [-0.3, -0.25) is 0 Å². The predicted molar refractivity (Wildman–Crippen MR) is 84.8 cm³/mol. The molecule has 0 aliphatic rings. The molecule has 21 heavy (non-hydrogen) atoms. The van der Waals surface area contributed by atoms with Gasteiger partial charge in [0.1, 0.15) is 5.82 Å². The van der Waals surface area contributed by atoms with E-state index in [1.165, 1.54) is 6.42 Å². The Labute approximate surface area is 125 Å². The van der Waals surface area contributed by atoms with Gasteiger partial charge in [-0.05, 0) is 24.5 Å². The van der Waals surface area contributed by atoms with E-state index in [4.69, 9.17) is 0 Å². The minimum absolute atomic E-state index is 0.351. The van der Waals surface area contributed by atoms with Gasteiger partial charge in [-0.25, -0.2) is 9.78 Å². The quantitative estimate of drug-likeness (QED) is 0.780. The summed E-state index contributed by atoms with van der Waals surface area (Å²) in [6.45, 7) is 7.36. The summed E-state index contributed by atoms with van der Waals surface area (Å²) >= 11 is 0. The van der Waals surface area contributed by atoms with E-state index in [1.54, 1.807) is 12.1 Å². The maximum absolute atomic E-state index is 11.4. The van der Waals surface area contributed by atoms with Gasteiger partial charge in [0, 0.05) is 13.0 Å². The largest absolute Gasteiger partial charge is 0.478 e. The second kappa shape index (κ2) is 6.74. The number of benzene rings is 1. The monoisotopic (exact) mass is 288 g/mol. The van der Waals surface area contributed by atoms with Gasteiger partial charge < -0.3 is 9.67 Å². The van der Waals surface area contributed by atoms with Crippen molar-refractivity contribution < 1.29 is 9.90 Å². The molecule has 0 saturated carbocycles. The molecule has 0 bridgehead atoms. The standard InChI is InChI=1S/C17H24N2O2/c1-4-15-18-14-10-7-9-13(17(20)21)16(14)19(15)11-6-5-8-12(2)3/h7,9-10,12H,4-6,8,11H2,1-3H3,(H,20,21). The van der Waals surface area contributed by atoms with Crippen molar-refractivity contribution in [1.82, 2.24) is 9.55 Å². The molecular formula is C17H24N2O2. The molecule has 1 heterocycles. The van der Waals surface area contributed by atoms with E-state index in [1.807, 2.05) is 6.07 Å². The summed E-state index contributed by atoms with van der Waals surface area (Å²) in [6.07, 6.45) is 4.25. The highest BCUT2D eigenvalue weighted by Gasteiger charge is 2.16. The molecule has 2 rings (SSSR count). The molecule has 1 aromatic carbocycles. The molecule has 114 valence electrons. The van der Waals surface area contributed by atoms with Crippen LogP contribution in [0.2, 0.25) is 0 Å². The highest BCUT2D eigenvalue weighted by atomic mass is 16.4. The van der Waals surface area contributed by atoms with Crippen LogP contribution in [-0.2, 0) is 13.0 Å². The number of aryl methyl sites for hydroxylation is 2. The Bertz CT molecular complexity index is 629. The number of imidazole rings is 1. The number of aromatic carboxylic acids is 1. The van der Waals surface area contributed by atoms with E-state index in [-0.39, 0.29) is 0 Å². The lowest BCUT2D eigenvalue weighted by molar-refractivity contribution is 0.0698. The number of fused-ring (bicyclic) bond motifs is 1. The summed E-state index contributed by atoms with van der Waals surface area (Å²) in [4.78, 5) is 16.0. The predicted octanol–water partition coefficient (Wildman–Crippen LogP) is 4.12. The molecule has 0 radical (unpaired) electrons. The molecule has 0 aliphatic heterocycles. The number of hydrogen-bond acceptors (Lipinski definition) is 2. The molecule has 4 heteroatoms. The van der Waals surface area contributed by atoms with Crippen LogP contribution in [0.3, 0.4) is 0 Å². The van der Waals surface area contributed by atoms with Crippen LogP contribution in [0.25, 0.3) is 11.0 Å². The first-order valence-corrected chi connectivity index (χ1v) is 7.76. The third-order valence-corrected chi connectivity index (χ3v) is 3.81. The molecule has 0 unspecified atom stereocenters. The van der Waals surface area contributed by atoms with E-state index in [0.717, 1.165) is 42.7 Å². The summed E-state index contributed by atoms with van der Waals surface area (Å²) in [6, 6.07) is 5.32. The maximum atomic E-state index is 11.4. The van der Waals surface area contributed by atoms with Gasteiger partial charge >= 0.3 is 5.97 Å². The van der Waals surface area contributed by atoms with Gasteiger partial charge in [0.25, 0.3) is 0 Å². The Morgan fingerprint density at radius 1 is 1.33 bits per heavy atom. The molecular weight excluding hydrogens is 264 g/mol. The molecule has 0 atom stereocenters. The first kappa shape index (κ1) is 15.5. The second-order valence-electron chi connectivity index (χ2n) is 5.90. The van der Waals surface area contributed by atoms with E-state index in [2.05, 4.69) is 30.3 Å². The number of carboxylic acids is 1. The Kier molecular flexibility index (Phi) is 4.99. The SMILES string of the molecule is CCc1nc2cccc(C(=O)O)c2n1CCCCC(C)C. The molecule has 0 fully saturated rings. The average Bonchev–Trinajstić information content (AvgIpc) is 2.81. The summed E-state index contributed by atoms with van der Waals surface area (Å²) in [7, 11) is 0. The molecule has 0 amide bonds. The molecule has 2 aromatic rings. The zero-order valence-corrected chi connectivity index (χ0v) is 13.1. The normalized spacial score (nSPS) is 11.4. The highest BCUT2D eigenvalue weighted by molar-refractivity contribution is 6.01. The van der Waals surface area contributed by atoms with Crippen molar-refractivity contribution in [2.45, 2.75) is 53.0 Å². The third kappa shape index (κ3) is 3.43. The molecule has 0 aliphatic carbocycles. The zero-order valence-electron chi connectivity index (χ0n) is 13.1. The van der Waals surface area contributed by atoms with Crippen LogP contribution in [0.1, 0.15) is 56.2 Å². The molecule has 0 saturated heterocycles. The summed E-state index contributed by atoms with van der Waals surface area (Å²) in [5.74, 6) is 0.805. The fraction of sp³-hybridized carbons (Fsp3) is 0.529. The van der Waals surface area contributed by atoms with Crippen molar-refractivity contribution in [3.8, 4) is 0 Å². The molecule has 0 spiro atoms. The number of carbonyl (C=O) groups is 1. The van der Waals surface area contributed by atoms with Crippen molar-refractivity contribution in [3.63, 3.8) is 0 Å². The second-order valence-corrected chi connectivity index (χ2v) is 5.90. The van der Waals surface area contributed by atoms with Crippen LogP contribution in [0.15, 0.2) is 18.2 Å². The average molecular weight is 288 g/mol. The third-order valence-electron chi connectivity index (χ3n) is 3.81. The Morgan fingerprint density at radius 3 is 2.71 bits per heavy atom. The number of carboxylic acid groups (broad SMARTS) is 1.